The van der Waals surface area contributed by atoms with E-state index in [4.69, 9.17) is 9.72 Å². The van der Waals surface area contributed by atoms with Crippen LogP contribution in [0.4, 0.5) is 10.2 Å². The molecule has 1 spiro atoms. The fraction of sp³-hybridized carbons (Fsp3) is 0.542. The Bertz CT molecular complexity index is 1170. The van der Waals surface area contributed by atoms with Crippen LogP contribution in [0.25, 0.3) is 11.2 Å². The first-order chi connectivity index (χ1) is 15.7. The second-order valence-corrected chi connectivity index (χ2v) is 17.4. The van der Waals surface area contributed by atoms with Gasteiger partial charge in [-0.15, -0.1) is 0 Å². The number of ether oxygens (including phenoxy) is 1. The molecule has 1 saturated heterocycles. The van der Waals surface area contributed by atoms with Gasteiger partial charge in [0, 0.05) is 27.8 Å². The number of hydrogen-bond acceptors (Lipinski definition) is 5. The van der Waals surface area contributed by atoms with E-state index in [9.17, 15) is 4.39 Å². The van der Waals surface area contributed by atoms with Gasteiger partial charge in [-0.05, 0) is 83.0 Å². The lowest BCUT2D eigenvalue weighted by molar-refractivity contribution is 0.0810. The molecule has 0 radical (unpaired) electrons. The summed E-state index contributed by atoms with van der Waals surface area (Å²) in [6.07, 6.45) is 6.08. The Labute approximate surface area is 209 Å². The summed E-state index contributed by atoms with van der Waals surface area (Å²) in [4.78, 5) is 12.0. The molecule has 0 atom stereocenters. The normalized spacial score (nSPS) is 17.8. The van der Waals surface area contributed by atoms with E-state index in [0.29, 0.717) is 6.73 Å². The Morgan fingerprint density at radius 3 is 2.67 bits per heavy atom. The molecule has 1 aliphatic heterocycles. The lowest BCUT2D eigenvalue weighted by atomic mass is 9.76. The van der Waals surface area contributed by atoms with Crippen molar-refractivity contribution in [1.29, 1.82) is 0 Å². The van der Waals surface area contributed by atoms with E-state index in [1.54, 1.807) is 12.1 Å². The fourth-order valence-corrected chi connectivity index (χ4v) is 6.43. The van der Waals surface area contributed by atoms with Crippen LogP contribution in [0.5, 0.6) is 0 Å². The Hall–Kier alpha value is -1.59. The van der Waals surface area contributed by atoms with Crippen LogP contribution in [0, 0.1) is 14.9 Å². The first-order valence-electron chi connectivity index (χ1n) is 11.7. The van der Waals surface area contributed by atoms with Crippen molar-refractivity contribution in [3.63, 3.8) is 0 Å². The van der Waals surface area contributed by atoms with E-state index in [1.165, 1.54) is 11.1 Å². The van der Waals surface area contributed by atoms with Crippen molar-refractivity contribution in [3.05, 3.63) is 45.0 Å². The summed E-state index contributed by atoms with van der Waals surface area (Å²) in [7, 11) is -1.12. The van der Waals surface area contributed by atoms with Crippen LogP contribution in [0.15, 0.2) is 24.4 Å². The molecule has 0 bridgehead atoms. The van der Waals surface area contributed by atoms with Gasteiger partial charge in [-0.2, -0.15) is 5.10 Å². The molecule has 1 fully saturated rings. The molecular weight excluding hydrogens is 548 g/mol. The molecule has 176 valence electrons. The Morgan fingerprint density at radius 2 is 1.91 bits per heavy atom. The molecule has 3 aromatic rings. The third kappa shape index (κ3) is 4.95. The maximum atomic E-state index is 13.7. The lowest BCUT2D eigenvalue weighted by Crippen LogP contribution is -2.41. The average molecular weight is 580 g/mol. The maximum Gasteiger partial charge on any atom is 0.182 e. The highest BCUT2D eigenvalue weighted by atomic mass is 127. The number of anilines is 1. The predicted molar refractivity (Wildman–Crippen MR) is 140 cm³/mol. The molecule has 0 unspecified atom stereocenters. The number of hydrogen-bond donors (Lipinski definition) is 0. The number of fused-ring (bicyclic) bond motifs is 2. The van der Waals surface area contributed by atoms with Crippen LogP contribution in [0.2, 0.25) is 25.7 Å². The van der Waals surface area contributed by atoms with E-state index < -0.39 is 8.07 Å². The summed E-state index contributed by atoms with van der Waals surface area (Å²) in [5.41, 5.74) is 4.38. The lowest BCUT2D eigenvalue weighted by Gasteiger charge is -2.39. The summed E-state index contributed by atoms with van der Waals surface area (Å²) in [5.74, 6) is 0.779. The molecule has 2 aliphatic rings. The highest BCUT2D eigenvalue weighted by Crippen LogP contribution is 2.45. The van der Waals surface area contributed by atoms with Crippen molar-refractivity contribution in [2.45, 2.75) is 58.1 Å². The van der Waals surface area contributed by atoms with E-state index in [0.717, 1.165) is 72.1 Å². The second kappa shape index (κ2) is 8.88. The van der Waals surface area contributed by atoms with Crippen LogP contribution in [0.1, 0.15) is 24.0 Å². The SMILES string of the molecule is C[Si](C)(C)CCOCn1nc(I)c2ncc(N3CCC4(CC3)Cc3ccc(F)cc3C4)nc21. The molecule has 5 rings (SSSR count). The molecular formula is C24H31FIN5OSi. The molecule has 9 heteroatoms. The van der Waals surface area contributed by atoms with Crippen LogP contribution in [-0.4, -0.2) is 47.5 Å². The number of nitrogens with zero attached hydrogens (tertiary/aromatic N) is 5. The van der Waals surface area contributed by atoms with Crippen molar-refractivity contribution in [3.8, 4) is 0 Å². The fourth-order valence-electron chi connectivity index (χ4n) is 5.03. The summed E-state index contributed by atoms with van der Waals surface area (Å²) in [6.45, 7) is 10.1. The molecule has 3 heterocycles. The smallest absolute Gasteiger partial charge is 0.182 e. The van der Waals surface area contributed by atoms with Crippen molar-refractivity contribution < 1.29 is 9.13 Å². The molecule has 0 amide bonds. The number of aromatic nitrogens is 4. The van der Waals surface area contributed by atoms with Crippen molar-refractivity contribution in [2.75, 3.05) is 24.6 Å². The number of rotatable bonds is 6. The Balaban J connectivity index is 1.27. The van der Waals surface area contributed by atoms with Gasteiger partial charge in [0.15, 0.2) is 9.35 Å². The summed E-state index contributed by atoms with van der Waals surface area (Å²) >= 11 is 2.22. The first kappa shape index (κ1) is 23.2. The minimum atomic E-state index is -1.12. The Kier molecular flexibility index (Phi) is 6.24. The van der Waals surface area contributed by atoms with Crippen molar-refractivity contribution in [2.24, 2.45) is 5.41 Å². The topological polar surface area (TPSA) is 56.1 Å². The largest absolute Gasteiger partial charge is 0.359 e. The maximum absolute atomic E-state index is 13.7. The van der Waals surface area contributed by atoms with Gasteiger partial charge in [0.2, 0.25) is 0 Å². The van der Waals surface area contributed by atoms with Gasteiger partial charge in [0.05, 0.1) is 6.20 Å². The van der Waals surface area contributed by atoms with E-state index in [2.05, 4.69) is 57.2 Å². The van der Waals surface area contributed by atoms with Gasteiger partial charge < -0.3 is 9.64 Å². The highest BCUT2D eigenvalue weighted by molar-refractivity contribution is 14.1. The zero-order chi connectivity index (χ0) is 23.2. The van der Waals surface area contributed by atoms with Crippen LogP contribution >= 0.6 is 22.6 Å². The number of benzene rings is 1. The number of piperidine rings is 1. The summed E-state index contributed by atoms with van der Waals surface area (Å²) < 4.78 is 22.3. The standard InChI is InChI=1S/C24H31FIN5OSi/c1-33(2,3)11-10-32-16-31-23-21(22(26)29-31)27-15-20(28-23)30-8-6-24(7-9-30)13-17-4-5-19(25)12-18(17)14-24/h4-5,12,15H,6-11,13-14,16H2,1-3H3. The van der Waals surface area contributed by atoms with Gasteiger partial charge in [0.1, 0.15) is 23.9 Å². The average Bonchev–Trinajstić information content (AvgIpc) is 3.27. The number of halogens is 2. The molecule has 2 aromatic heterocycles. The van der Waals surface area contributed by atoms with E-state index in [1.807, 2.05) is 16.9 Å². The van der Waals surface area contributed by atoms with Crippen LogP contribution in [0.3, 0.4) is 0 Å². The molecule has 0 saturated carbocycles. The summed E-state index contributed by atoms with van der Waals surface area (Å²) in [5, 5.41) is 4.61. The van der Waals surface area contributed by atoms with Gasteiger partial charge in [0.25, 0.3) is 0 Å². The molecule has 33 heavy (non-hydrogen) atoms. The third-order valence-corrected chi connectivity index (χ3v) is 9.48. The Morgan fingerprint density at radius 1 is 1.15 bits per heavy atom. The minimum Gasteiger partial charge on any atom is -0.359 e. The van der Waals surface area contributed by atoms with Crippen LogP contribution in [-0.2, 0) is 24.3 Å². The first-order valence-corrected chi connectivity index (χ1v) is 16.5. The third-order valence-electron chi connectivity index (χ3n) is 7.05. The van der Waals surface area contributed by atoms with Gasteiger partial charge in [-0.1, -0.05) is 25.7 Å². The monoisotopic (exact) mass is 579 g/mol. The quantitative estimate of drug-likeness (QED) is 0.227. The molecule has 1 aliphatic carbocycles. The van der Waals surface area contributed by atoms with Crippen LogP contribution < -0.4 is 4.90 Å². The minimum absolute atomic E-state index is 0.123. The molecule has 1 aromatic carbocycles. The molecule has 0 N–H and O–H groups in total. The highest BCUT2D eigenvalue weighted by Gasteiger charge is 2.40. The summed E-state index contributed by atoms with van der Waals surface area (Å²) in [6, 6.07) is 6.42. The zero-order valence-electron chi connectivity index (χ0n) is 19.6. The predicted octanol–water partition coefficient (Wildman–Crippen LogP) is 5.27. The second-order valence-electron chi connectivity index (χ2n) is 10.8. The van der Waals surface area contributed by atoms with Crippen molar-refractivity contribution in [1.82, 2.24) is 19.7 Å². The van der Waals surface area contributed by atoms with Gasteiger partial charge in [-0.25, -0.2) is 19.0 Å². The van der Waals surface area contributed by atoms with E-state index >= 15 is 0 Å². The zero-order valence-corrected chi connectivity index (χ0v) is 22.7. The van der Waals surface area contributed by atoms with E-state index in [-0.39, 0.29) is 11.2 Å². The van der Waals surface area contributed by atoms with Crippen molar-refractivity contribution >= 4 is 47.6 Å². The molecule has 6 nitrogen and oxygen atoms in total. The van der Waals surface area contributed by atoms with Gasteiger partial charge in [-0.3, -0.25) is 0 Å². The van der Waals surface area contributed by atoms with Gasteiger partial charge >= 0.3 is 0 Å².